The highest BCUT2D eigenvalue weighted by molar-refractivity contribution is 6.02. The predicted molar refractivity (Wildman–Crippen MR) is 60.5 cm³/mol. The van der Waals surface area contributed by atoms with Crippen molar-refractivity contribution < 1.29 is 9.59 Å². The van der Waals surface area contributed by atoms with Crippen molar-refractivity contribution in [1.29, 1.82) is 0 Å². The monoisotopic (exact) mass is 212 g/mol. The Bertz CT molecular complexity index is 465. The van der Waals surface area contributed by atoms with Gasteiger partial charge in [-0.3, -0.25) is 9.59 Å². The maximum absolute atomic E-state index is 12.0. The van der Waals surface area contributed by atoms with Gasteiger partial charge in [0, 0.05) is 11.8 Å². The van der Waals surface area contributed by atoms with Crippen molar-refractivity contribution in [1.82, 2.24) is 0 Å². The highest BCUT2D eigenvalue weighted by Crippen LogP contribution is 2.40. The molecule has 0 aromatic rings. The van der Waals surface area contributed by atoms with Crippen LogP contribution in [0.1, 0.15) is 0 Å². The number of carbonyl (C=O) groups is 2. The van der Waals surface area contributed by atoms with Crippen molar-refractivity contribution in [2.45, 2.75) is 0 Å². The first kappa shape index (κ1) is 9.52. The summed E-state index contributed by atoms with van der Waals surface area (Å²) in [4.78, 5) is 23.8. The molecule has 0 saturated heterocycles. The van der Waals surface area contributed by atoms with Gasteiger partial charge in [0.1, 0.15) is 0 Å². The van der Waals surface area contributed by atoms with Crippen LogP contribution in [0.3, 0.4) is 0 Å². The van der Waals surface area contributed by atoms with Crippen LogP contribution in [0.15, 0.2) is 48.6 Å². The summed E-state index contributed by atoms with van der Waals surface area (Å²) in [5, 5.41) is 0. The highest BCUT2D eigenvalue weighted by Gasteiger charge is 2.42. The van der Waals surface area contributed by atoms with Crippen LogP contribution in [0.25, 0.3) is 0 Å². The SMILES string of the molecule is O=C1C=CC=C[C@@H]2[C@H]3C=CC(=O)[C@H](C=C3)[C@H]12. The summed E-state index contributed by atoms with van der Waals surface area (Å²) in [5.74, 6) is -0.00454. The normalized spacial score (nSPS) is 39.8. The molecule has 0 N–H and O–H groups in total. The lowest BCUT2D eigenvalue weighted by atomic mass is 9.70. The average Bonchev–Trinajstić information content (AvgIpc) is 2.63. The molecule has 0 unspecified atom stereocenters. The fourth-order valence-corrected chi connectivity index (χ4v) is 2.82. The van der Waals surface area contributed by atoms with E-state index in [1.807, 2.05) is 18.2 Å². The van der Waals surface area contributed by atoms with Crippen LogP contribution in [0.5, 0.6) is 0 Å². The van der Waals surface area contributed by atoms with Gasteiger partial charge in [-0.05, 0) is 18.1 Å². The number of hydrogen-bond acceptors (Lipinski definition) is 2. The van der Waals surface area contributed by atoms with Crippen molar-refractivity contribution >= 4 is 11.6 Å². The number of allylic oxidation sites excluding steroid dienone is 8. The van der Waals surface area contributed by atoms with Gasteiger partial charge in [0.05, 0.1) is 5.92 Å². The Labute approximate surface area is 94.0 Å². The minimum atomic E-state index is -0.264. The van der Waals surface area contributed by atoms with Crippen molar-refractivity contribution in [2.24, 2.45) is 23.7 Å². The maximum Gasteiger partial charge on any atom is 0.162 e. The molecular formula is C14H12O2. The minimum Gasteiger partial charge on any atom is -0.294 e. The zero-order chi connectivity index (χ0) is 11.1. The fourth-order valence-electron chi connectivity index (χ4n) is 2.82. The van der Waals surface area contributed by atoms with E-state index in [4.69, 9.17) is 0 Å². The molecule has 0 aromatic heterocycles. The molecule has 2 bridgehead atoms. The van der Waals surface area contributed by atoms with Gasteiger partial charge in [0.25, 0.3) is 0 Å². The van der Waals surface area contributed by atoms with Crippen LogP contribution in [-0.2, 0) is 9.59 Å². The highest BCUT2D eigenvalue weighted by atomic mass is 16.1. The van der Waals surface area contributed by atoms with Gasteiger partial charge in [-0.2, -0.15) is 0 Å². The van der Waals surface area contributed by atoms with Gasteiger partial charge in [0.15, 0.2) is 11.6 Å². The van der Waals surface area contributed by atoms with E-state index in [0.717, 1.165) is 0 Å². The van der Waals surface area contributed by atoms with Gasteiger partial charge in [-0.1, -0.05) is 36.5 Å². The number of rotatable bonds is 0. The Morgan fingerprint density at radius 1 is 0.812 bits per heavy atom. The predicted octanol–water partition coefficient (Wildman–Crippen LogP) is 1.85. The molecule has 4 rings (SSSR count). The van der Waals surface area contributed by atoms with E-state index in [1.54, 1.807) is 18.2 Å². The number of carbonyl (C=O) groups excluding carboxylic acids is 2. The Morgan fingerprint density at radius 2 is 1.69 bits per heavy atom. The second kappa shape index (κ2) is 3.41. The fraction of sp³-hybridized carbons (Fsp3) is 0.286. The molecule has 0 aromatic carbocycles. The van der Waals surface area contributed by atoms with E-state index >= 15 is 0 Å². The second-order valence-corrected chi connectivity index (χ2v) is 4.50. The lowest BCUT2D eigenvalue weighted by Crippen LogP contribution is -2.35. The summed E-state index contributed by atoms with van der Waals surface area (Å²) < 4.78 is 0. The third-order valence-corrected chi connectivity index (χ3v) is 3.63. The minimum absolute atomic E-state index is 0.0586. The first-order valence-electron chi connectivity index (χ1n) is 5.56. The molecule has 4 aliphatic carbocycles. The van der Waals surface area contributed by atoms with Crippen LogP contribution in [-0.4, -0.2) is 11.6 Å². The molecule has 2 nitrogen and oxygen atoms in total. The molecule has 2 heteroatoms. The third-order valence-electron chi connectivity index (χ3n) is 3.63. The summed E-state index contributed by atoms with van der Waals surface area (Å²) in [7, 11) is 0. The summed E-state index contributed by atoms with van der Waals surface area (Å²) >= 11 is 0. The van der Waals surface area contributed by atoms with Crippen molar-refractivity contribution in [3.8, 4) is 0 Å². The van der Waals surface area contributed by atoms with E-state index in [0.29, 0.717) is 0 Å². The van der Waals surface area contributed by atoms with Crippen molar-refractivity contribution in [3.05, 3.63) is 48.6 Å². The Balaban J connectivity index is 2.13. The second-order valence-electron chi connectivity index (χ2n) is 4.50. The topological polar surface area (TPSA) is 34.1 Å². The summed E-state index contributed by atoms with van der Waals surface area (Å²) in [6.45, 7) is 0. The molecule has 4 aliphatic rings. The van der Waals surface area contributed by atoms with Crippen LogP contribution in [0.4, 0.5) is 0 Å². The van der Waals surface area contributed by atoms with Crippen molar-refractivity contribution in [3.63, 3.8) is 0 Å². The molecule has 16 heavy (non-hydrogen) atoms. The number of hydrogen-bond donors (Lipinski definition) is 0. The van der Waals surface area contributed by atoms with Gasteiger partial charge < -0.3 is 0 Å². The standard InChI is InChI=1S/C14H12O2/c15-12-8-6-9-5-7-11(12)14-10(9)3-1-2-4-13(14)16/h1-11,14H/t9-,10-,11+,14-/m1/s1. The summed E-state index contributed by atoms with van der Waals surface area (Å²) in [5.41, 5.74) is 0. The van der Waals surface area contributed by atoms with Gasteiger partial charge in [0.2, 0.25) is 0 Å². The Hall–Kier alpha value is -1.70. The molecule has 0 saturated carbocycles. The average molecular weight is 212 g/mol. The van der Waals surface area contributed by atoms with E-state index in [9.17, 15) is 9.59 Å². The third kappa shape index (κ3) is 1.26. The first-order chi connectivity index (χ1) is 7.77. The zero-order valence-corrected chi connectivity index (χ0v) is 8.74. The van der Waals surface area contributed by atoms with E-state index in [1.165, 1.54) is 0 Å². The van der Waals surface area contributed by atoms with E-state index in [2.05, 4.69) is 12.2 Å². The van der Waals surface area contributed by atoms with Crippen molar-refractivity contribution in [2.75, 3.05) is 0 Å². The van der Waals surface area contributed by atoms with Gasteiger partial charge in [-0.15, -0.1) is 0 Å². The maximum atomic E-state index is 12.0. The molecule has 0 heterocycles. The summed E-state index contributed by atoms with van der Waals surface area (Å²) in [6.07, 6.45) is 14.8. The molecule has 0 fully saturated rings. The van der Waals surface area contributed by atoms with Crippen LogP contribution in [0.2, 0.25) is 0 Å². The molecule has 0 spiro atoms. The molecule has 4 atom stereocenters. The summed E-state index contributed by atoms with van der Waals surface area (Å²) in [6, 6.07) is 0. The van der Waals surface area contributed by atoms with Crippen LogP contribution < -0.4 is 0 Å². The van der Waals surface area contributed by atoms with E-state index < -0.39 is 0 Å². The van der Waals surface area contributed by atoms with Crippen LogP contribution >= 0.6 is 0 Å². The lowest BCUT2D eigenvalue weighted by Gasteiger charge is -2.31. The molecular weight excluding hydrogens is 200 g/mol. The quantitative estimate of drug-likeness (QED) is 0.574. The smallest absolute Gasteiger partial charge is 0.162 e. The number of ketones is 2. The van der Waals surface area contributed by atoms with Crippen LogP contribution in [0, 0.1) is 23.7 Å². The Morgan fingerprint density at radius 3 is 2.56 bits per heavy atom. The lowest BCUT2D eigenvalue weighted by molar-refractivity contribution is -0.127. The molecule has 0 aliphatic heterocycles. The molecule has 0 radical (unpaired) electrons. The Kier molecular flexibility index (Phi) is 2.03. The van der Waals surface area contributed by atoms with Gasteiger partial charge in [-0.25, -0.2) is 0 Å². The molecule has 80 valence electrons. The van der Waals surface area contributed by atoms with Gasteiger partial charge >= 0.3 is 0 Å². The largest absolute Gasteiger partial charge is 0.294 e. The first-order valence-corrected chi connectivity index (χ1v) is 5.56. The molecule has 0 amide bonds. The number of fused-ring (bicyclic) bond motifs is 1. The zero-order valence-electron chi connectivity index (χ0n) is 8.74. The van der Waals surface area contributed by atoms with E-state index in [-0.39, 0.29) is 35.2 Å².